The molecule has 0 fully saturated rings. The Morgan fingerprint density at radius 2 is 2.16 bits per heavy atom. The van der Waals surface area contributed by atoms with Crippen molar-refractivity contribution in [3.63, 3.8) is 0 Å². The molecular weight excluding hydrogens is 285 g/mol. The SMILES string of the molecule is CC(NCC(O)c1ccc(Cl)c(F)c1)c1ccsc1. The molecule has 0 bridgehead atoms. The number of thiophene rings is 1. The summed E-state index contributed by atoms with van der Waals surface area (Å²) in [5.74, 6) is -0.510. The molecule has 1 heterocycles. The van der Waals surface area contributed by atoms with Crippen molar-refractivity contribution < 1.29 is 9.50 Å². The van der Waals surface area contributed by atoms with E-state index in [9.17, 15) is 9.50 Å². The van der Waals surface area contributed by atoms with Gasteiger partial charge in [0.2, 0.25) is 0 Å². The minimum atomic E-state index is -0.757. The Labute approximate surface area is 120 Å². The first kappa shape index (κ1) is 14.5. The third-order valence-electron chi connectivity index (χ3n) is 2.99. The van der Waals surface area contributed by atoms with Crippen molar-refractivity contribution in [1.82, 2.24) is 5.32 Å². The fourth-order valence-electron chi connectivity index (χ4n) is 1.77. The smallest absolute Gasteiger partial charge is 0.142 e. The standard InChI is InChI=1S/C14H15ClFNOS/c1-9(11-4-5-19-8-11)17-7-14(18)10-2-3-12(15)13(16)6-10/h2-6,8-9,14,17-18H,7H2,1H3. The van der Waals surface area contributed by atoms with Crippen molar-refractivity contribution in [3.8, 4) is 0 Å². The summed E-state index contributed by atoms with van der Waals surface area (Å²) in [6.07, 6.45) is -0.757. The van der Waals surface area contributed by atoms with E-state index in [1.54, 1.807) is 17.4 Å². The minimum Gasteiger partial charge on any atom is -0.387 e. The van der Waals surface area contributed by atoms with Crippen LogP contribution < -0.4 is 5.32 Å². The number of aliphatic hydroxyl groups is 1. The molecule has 0 saturated carbocycles. The molecule has 19 heavy (non-hydrogen) atoms. The molecule has 102 valence electrons. The third-order valence-corrected chi connectivity index (χ3v) is 4.00. The van der Waals surface area contributed by atoms with Gasteiger partial charge in [-0.2, -0.15) is 11.3 Å². The van der Waals surface area contributed by atoms with Crippen molar-refractivity contribution in [2.24, 2.45) is 0 Å². The Kier molecular flexibility index (Phi) is 4.93. The summed E-state index contributed by atoms with van der Waals surface area (Å²) in [5, 5.41) is 17.4. The average Bonchev–Trinajstić information content (AvgIpc) is 2.92. The van der Waals surface area contributed by atoms with Gasteiger partial charge in [-0.25, -0.2) is 4.39 Å². The predicted molar refractivity (Wildman–Crippen MR) is 77.1 cm³/mol. The number of rotatable bonds is 5. The zero-order valence-corrected chi connectivity index (χ0v) is 12.0. The van der Waals surface area contributed by atoms with Crippen LogP contribution in [0.15, 0.2) is 35.0 Å². The second-order valence-corrected chi connectivity index (χ2v) is 5.56. The van der Waals surface area contributed by atoms with Crippen LogP contribution in [0.5, 0.6) is 0 Å². The van der Waals surface area contributed by atoms with E-state index < -0.39 is 11.9 Å². The summed E-state index contributed by atoms with van der Waals surface area (Å²) in [6, 6.07) is 6.55. The first-order valence-corrected chi connectivity index (χ1v) is 7.28. The maximum Gasteiger partial charge on any atom is 0.142 e. The van der Waals surface area contributed by atoms with Gasteiger partial charge in [0.05, 0.1) is 11.1 Å². The van der Waals surface area contributed by atoms with Crippen LogP contribution in [0.2, 0.25) is 5.02 Å². The summed E-state index contributed by atoms with van der Waals surface area (Å²) in [6.45, 7) is 2.38. The van der Waals surface area contributed by atoms with E-state index in [1.807, 2.05) is 18.4 Å². The van der Waals surface area contributed by atoms with Gasteiger partial charge in [-0.15, -0.1) is 0 Å². The quantitative estimate of drug-likeness (QED) is 0.877. The number of halogens is 2. The number of benzene rings is 1. The minimum absolute atomic E-state index is 0.0653. The monoisotopic (exact) mass is 299 g/mol. The first-order chi connectivity index (χ1) is 9.08. The van der Waals surface area contributed by atoms with Crippen LogP contribution in [0.25, 0.3) is 0 Å². The lowest BCUT2D eigenvalue weighted by atomic mass is 10.1. The lowest BCUT2D eigenvalue weighted by molar-refractivity contribution is 0.170. The zero-order valence-electron chi connectivity index (χ0n) is 10.4. The summed E-state index contributed by atoms with van der Waals surface area (Å²) < 4.78 is 13.3. The fraction of sp³-hybridized carbons (Fsp3) is 0.286. The second-order valence-electron chi connectivity index (χ2n) is 4.38. The molecule has 0 aliphatic rings. The van der Waals surface area contributed by atoms with Crippen molar-refractivity contribution in [2.75, 3.05) is 6.54 Å². The molecule has 0 saturated heterocycles. The molecule has 1 aromatic carbocycles. The normalized spacial score (nSPS) is 14.3. The largest absolute Gasteiger partial charge is 0.387 e. The van der Waals surface area contributed by atoms with E-state index in [0.29, 0.717) is 12.1 Å². The van der Waals surface area contributed by atoms with Crippen molar-refractivity contribution in [1.29, 1.82) is 0 Å². The lowest BCUT2D eigenvalue weighted by Crippen LogP contribution is -2.24. The summed E-state index contributed by atoms with van der Waals surface area (Å²) in [7, 11) is 0. The molecule has 0 aliphatic heterocycles. The highest BCUT2D eigenvalue weighted by molar-refractivity contribution is 7.07. The molecule has 0 amide bonds. The number of hydrogen-bond donors (Lipinski definition) is 2. The molecule has 5 heteroatoms. The number of nitrogens with one attached hydrogen (secondary N) is 1. The van der Waals surface area contributed by atoms with Gasteiger partial charge < -0.3 is 10.4 Å². The lowest BCUT2D eigenvalue weighted by Gasteiger charge is -2.17. The fourth-order valence-corrected chi connectivity index (χ4v) is 2.64. The Bertz CT molecular complexity index is 532. The molecule has 2 aromatic rings. The van der Waals surface area contributed by atoms with Crippen LogP contribution in [0, 0.1) is 5.82 Å². The van der Waals surface area contributed by atoms with Crippen molar-refractivity contribution >= 4 is 22.9 Å². The molecular formula is C14H15ClFNOS. The second kappa shape index (κ2) is 6.48. The van der Waals surface area contributed by atoms with Crippen LogP contribution in [-0.2, 0) is 0 Å². The van der Waals surface area contributed by atoms with Crippen LogP contribution in [0.1, 0.15) is 30.2 Å². The summed E-state index contributed by atoms with van der Waals surface area (Å²) in [4.78, 5) is 0. The predicted octanol–water partition coefficient (Wildman–Crippen LogP) is 3.92. The highest BCUT2D eigenvalue weighted by atomic mass is 35.5. The van der Waals surface area contributed by atoms with E-state index in [1.165, 1.54) is 17.7 Å². The van der Waals surface area contributed by atoms with Gasteiger partial charge in [0.25, 0.3) is 0 Å². The molecule has 2 rings (SSSR count). The van der Waals surface area contributed by atoms with Gasteiger partial charge in [0.15, 0.2) is 0 Å². The maximum absolute atomic E-state index is 13.3. The van der Waals surface area contributed by atoms with Crippen LogP contribution in [0.4, 0.5) is 4.39 Å². The number of aliphatic hydroxyl groups excluding tert-OH is 1. The van der Waals surface area contributed by atoms with E-state index in [0.717, 1.165) is 0 Å². The van der Waals surface area contributed by atoms with Crippen LogP contribution >= 0.6 is 22.9 Å². The van der Waals surface area contributed by atoms with Gasteiger partial charge in [-0.1, -0.05) is 17.7 Å². The van der Waals surface area contributed by atoms with E-state index in [2.05, 4.69) is 10.7 Å². The van der Waals surface area contributed by atoms with E-state index in [-0.39, 0.29) is 11.1 Å². The Hall–Kier alpha value is -0.940. The van der Waals surface area contributed by atoms with Crippen molar-refractivity contribution in [3.05, 3.63) is 57.0 Å². The molecule has 2 nitrogen and oxygen atoms in total. The molecule has 0 radical (unpaired) electrons. The average molecular weight is 300 g/mol. The highest BCUT2D eigenvalue weighted by Crippen LogP contribution is 2.21. The Morgan fingerprint density at radius 3 is 2.79 bits per heavy atom. The van der Waals surface area contributed by atoms with Gasteiger partial charge in [-0.3, -0.25) is 0 Å². The van der Waals surface area contributed by atoms with Gasteiger partial charge in [0.1, 0.15) is 5.82 Å². The summed E-state index contributed by atoms with van der Waals surface area (Å²) in [5.41, 5.74) is 1.70. The summed E-state index contributed by atoms with van der Waals surface area (Å²) >= 11 is 7.24. The highest BCUT2D eigenvalue weighted by Gasteiger charge is 2.12. The Morgan fingerprint density at radius 1 is 1.37 bits per heavy atom. The molecule has 2 atom stereocenters. The number of hydrogen-bond acceptors (Lipinski definition) is 3. The Balaban J connectivity index is 1.93. The molecule has 2 N–H and O–H groups in total. The van der Waals surface area contributed by atoms with Crippen LogP contribution in [-0.4, -0.2) is 11.7 Å². The molecule has 0 aliphatic carbocycles. The zero-order chi connectivity index (χ0) is 13.8. The van der Waals surface area contributed by atoms with Gasteiger partial charge in [-0.05, 0) is 47.0 Å². The maximum atomic E-state index is 13.3. The topological polar surface area (TPSA) is 32.3 Å². The van der Waals surface area contributed by atoms with E-state index >= 15 is 0 Å². The van der Waals surface area contributed by atoms with Gasteiger partial charge >= 0.3 is 0 Å². The molecule has 1 aromatic heterocycles. The first-order valence-electron chi connectivity index (χ1n) is 5.96. The molecule has 2 unspecified atom stereocenters. The van der Waals surface area contributed by atoms with Crippen molar-refractivity contribution in [2.45, 2.75) is 19.1 Å². The molecule has 0 spiro atoms. The third kappa shape index (κ3) is 3.76. The van der Waals surface area contributed by atoms with Crippen LogP contribution in [0.3, 0.4) is 0 Å². The van der Waals surface area contributed by atoms with Gasteiger partial charge in [0, 0.05) is 12.6 Å². The van der Waals surface area contributed by atoms with E-state index in [4.69, 9.17) is 11.6 Å².